The number of aromatic nitrogens is 6. The van der Waals surface area contributed by atoms with Gasteiger partial charge in [-0.3, -0.25) is 0 Å². The molecule has 1 aromatic carbocycles. The van der Waals surface area contributed by atoms with Crippen LogP contribution in [0.5, 0.6) is 0 Å². The zero-order valence-corrected chi connectivity index (χ0v) is 23.0. The molecule has 0 saturated carbocycles. The molecule has 3 aromatic heterocycles. The fraction of sp³-hybridized carbons (Fsp3) is 0.333. The fourth-order valence-electron chi connectivity index (χ4n) is 5.75. The van der Waals surface area contributed by atoms with E-state index in [9.17, 15) is 13.6 Å². The molecular weight excluding hydrogens is 603 g/mol. The number of carbonyl (C=O) groups is 1. The summed E-state index contributed by atoms with van der Waals surface area (Å²) in [6.07, 6.45) is 3.71. The van der Waals surface area contributed by atoms with Crippen molar-refractivity contribution in [3.8, 4) is 22.8 Å². The molecule has 2 aliphatic rings. The maximum absolute atomic E-state index is 14.6. The van der Waals surface area contributed by atoms with E-state index in [1.165, 1.54) is 18.2 Å². The van der Waals surface area contributed by atoms with E-state index in [1.54, 1.807) is 17.1 Å². The Balaban J connectivity index is 1.45. The van der Waals surface area contributed by atoms with Gasteiger partial charge in [-0.2, -0.15) is 0 Å². The number of amides is 1. The van der Waals surface area contributed by atoms with Crippen LogP contribution in [0.4, 0.5) is 8.78 Å². The monoisotopic (exact) mass is 628 g/mol. The van der Waals surface area contributed by atoms with E-state index >= 15 is 0 Å². The van der Waals surface area contributed by atoms with Crippen molar-refractivity contribution in [2.75, 3.05) is 8.86 Å². The molecule has 2 N–H and O–H groups in total. The van der Waals surface area contributed by atoms with Crippen LogP contribution in [-0.2, 0) is 16.8 Å². The second kappa shape index (κ2) is 9.14. The van der Waals surface area contributed by atoms with Gasteiger partial charge >= 0.3 is 229 Å². The number of primary amides is 1. The third-order valence-electron chi connectivity index (χ3n) is 7.90. The Morgan fingerprint density at radius 1 is 1.16 bits per heavy atom. The molecule has 4 heterocycles. The van der Waals surface area contributed by atoms with Gasteiger partial charge < -0.3 is 0 Å². The Labute approximate surface area is 228 Å². The Morgan fingerprint density at radius 3 is 2.71 bits per heavy atom. The molecule has 38 heavy (non-hydrogen) atoms. The second-order valence-electron chi connectivity index (χ2n) is 10.2. The third-order valence-corrected chi connectivity index (χ3v) is 11.1. The van der Waals surface area contributed by atoms with Gasteiger partial charge in [0.1, 0.15) is 0 Å². The van der Waals surface area contributed by atoms with Gasteiger partial charge in [0.25, 0.3) is 0 Å². The van der Waals surface area contributed by atoms with Crippen molar-refractivity contribution in [3.05, 3.63) is 77.4 Å². The van der Waals surface area contributed by atoms with E-state index in [0.29, 0.717) is 18.1 Å². The number of carbonyl (C=O) groups excluding carboxylic acids is 1. The van der Waals surface area contributed by atoms with Crippen LogP contribution in [0.15, 0.2) is 48.8 Å². The molecule has 0 unspecified atom stereocenters. The van der Waals surface area contributed by atoms with Crippen LogP contribution in [0.2, 0.25) is 0 Å². The Hall–Kier alpha value is -3.35. The van der Waals surface area contributed by atoms with Crippen LogP contribution in [-0.4, -0.2) is 44.7 Å². The van der Waals surface area contributed by atoms with Crippen LogP contribution < -0.4 is 26.9 Å². The number of hydrogen-bond acceptors (Lipinski definition) is 6. The van der Waals surface area contributed by atoms with E-state index in [0.717, 1.165) is 25.8 Å². The SMILES string of the molecule is CC1(C)[C@H]2C[I-]C[C@]1(c1ccnc(-c3ccn(CCC(N)=O)n3)n1)c1nnc(-c3c(F)cccc3F)cc12. The second-order valence-corrected chi connectivity index (χ2v) is 13.0. The number of benzene rings is 1. The standard InChI is InChI=1S/C27H25F2IN7O/c1-26(2)16-13-30-14-27(26,24-15(16)12-20(34-35-24)23-17(28)4-3-5-18(23)29)21-6-9-32-25(33-21)19-7-10-37(36-19)11-8-22(31)38/h3-7,9-10,12,16H,8,11,13-14H2,1-2H3,(H2,31,38)/q-1/t16-,27-/m0/s1. The maximum atomic E-state index is 14.6. The predicted octanol–water partition coefficient (Wildman–Crippen LogP) is 0.463. The first kappa shape index (κ1) is 25.0. The number of nitrogens with two attached hydrogens (primary N) is 1. The summed E-state index contributed by atoms with van der Waals surface area (Å²) >= 11 is -0.177. The van der Waals surface area contributed by atoms with Crippen molar-refractivity contribution in [1.29, 1.82) is 0 Å². The summed E-state index contributed by atoms with van der Waals surface area (Å²) in [7, 11) is 0. The number of nitrogens with zero attached hydrogens (tertiary/aromatic N) is 6. The van der Waals surface area contributed by atoms with Gasteiger partial charge in [-0.25, -0.2) is 0 Å². The number of hydrogen-bond donors (Lipinski definition) is 1. The molecule has 1 saturated heterocycles. The van der Waals surface area contributed by atoms with Gasteiger partial charge in [0.15, 0.2) is 0 Å². The van der Waals surface area contributed by atoms with Gasteiger partial charge in [0, 0.05) is 0 Å². The van der Waals surface area contributed by atoms with Crippen LogP contribution in [0.1, 0.15) is 43.1 Å². The number of halogens is 3. The number of aryl methyl sites for hydroxylation is 1. The third kappa shape index (κ3) is 3.73. The minimum atomic E-state index is -0.655. The van der Waals surface area contributed by atoms with E-state index < -0.39 is 23.0 Å². The number of fused-ring (bicyclic) bond motifs is 5. The van der Waals surface area contributed by atoms with E-state index in [4.69, 9.17) is 10.7 Å². The number of alkyl halides is 2. The zero-order valence-electron chi connectivity index (χ0n) is 20.8. The van der Waals surface area contributed by atoms with Crippen molar-refractivity contribution in [2.24, 2.45) is 11.1 Å². The van der Waals surface area contributed by atoms with Gasteiger partial charge in [-0.1, -0.05) is 0 Å². The average Bonchev–Trinajstić information content (AvgIpc) is 3.37. The van der Waals surface area contributed by atoms with Crippen LogP contribution in [0.3, 0.4) is 0 Å². The fourth-order valence-corrected chi connectivity index (χ4v) is 10.8. The molecule has 0 radical (unpaired) electrons. The first-order chi connectivity index (χ1) is 18.2. The summed E-state index contributed by atoms with van der Waals surface area (Å²) < 4.78 is 32.8. The molecule has 11 heteroatoms. The van der Waals surface area contributed by atoms with E-state index in [2.05, 4.69) is 34.1 Å². The minimum absolute atomic E-state index is 0.151. The van der Waals surface area contributed by atoms with Crippen LogP contribution in [0, 0.1) is 17.0 Å². The Bertz CT molecular complexity index is 1550. The van der Waals surface area contributed by atoms with E-state index in [1.807, 2.05) is 18.2 Å². The summed E-state index contributed by atoms with van der Waals surface area (Å²) in [4.78, 5) is 20.6. The zero-order chi connectivity index (χ0) is 26.7. The molecule has 8 nitrogen and oxygen atoms in total. The average molecular weight is 628 g/mol. The molecular formula is C27H25F2IN7O-. The van der Waals surface area contributed by atoms with Crippen LogP contribution in [0.25, 0.3) is 22.8 Å². The summed E-state index contributed by atoms with van der Waals surface area (Å²) in [6.45, 7) is 4.84. The van der Waals surface area contributed by atoms with Crippen molar-refractivity contribution in [1.82, 2.24) is 29.9 Å². The molecule has 2 bridgehead atoms. The Morgan fingerprint density at radius 2 is 1.95 bits per heavy atom. The molecule has 1 aliphatic heterocycles. The molecule has 1 aliphatic carbocycles. The predicted molar refractivity (Wildman–Crippen MR) is 131 cm³/mol. The topological polar surface area (TPSA) is 112 Å². The summed E-state index contributed by atoms with van der Waals surface area (Å²) in [5.74, 6) is -1.04. The summed E-state index contributed by atoms with van der Waals surface area (Å²) in [5.41, 5.74) is 7.86. The summed E-state index contributed by atoms with van der Waals surface area (Å²) in [6, 6.07) is 9.40. The first-order valence-electron chi connectivity index (χ1n) is 12.2. The summed E-state index contributed by atoms with van der Waals surface area (Å²) in [5, 5.41) is 13.5. The van der Waals surface area contributed by atoms with Gasteiger partial charge in [-0.15, -0.1) is 0 Å². The first-order valence-corrected chi connectivity index (χ1v) is 15.3. The number of rotatable bonds is 6. The van der Waals surface area contributed by atoms with Gasteiger partial charge in [0.05, 0.1) is 0 Å². The molecule has 1 amide bonds. The van der Waals surface area contributed by atoms with Gasteiger partial charge in [0.2, 0.25) is 0 Å². The molecule has 1 fully saturated rings. The molecule has 0 spiro atoms. The van der Waals surface area contributed by atoms with Crippen molar-refractivity contribution < 1.29 is 34.8 Å². The van der Waals surface area contributed by atoms with Crippen molar-refractivity contribution in [3.63, 3.8) is 0 Å². The molecule has 196 valence electrons. The van der Waals surface area contributed by atoms with E-state index in [-0.39, 0.29) is 50.2 Å². The van der Waals surface area contributed by atoms with Crippen molar-refractivity contribution >= 4 is 5.91 Å². The quantitative estimate of drug-likeness (QED) is 0.246. The van der Waals surface area contributed by atoms with Gasteiger partial charge in [-0.05, 0) is 0 Å². The normalized spacial score (nSPS) is 21.5. The molecule has 2 atom stereocenters. The van der Waals surface area contributed by atoms with Crippen LogP contribution >= 0.6 is 0 Å². The molecule has 4 aromatic rings. The molecule has 6 rings (SSSR count). The van der Waals surface area contributed by atoms with Crippen molar-refractivity contribution in [2.45, 2.75) is 38.1 Å². The Kier molecular flexibility index (Phi) is 6.00.